The van der Waals surface area contributed by atoms with Gasteiger partial charge in [0.1, 0.15) is 4.88 Å². The topological polar surface area (TPSA) is 81.2 Å². The van der Waals surface area contributed by atoms with Crippen molar-refractivity contribution in [3.05, 3.63) is 27.2 Å². The summed E-state index contributed by atoms with van der Waals surface area (Å²) >= 11 is 2.66. The number of carbonyl (C=O) groups is 2. The van der Waals surface area contributed by atoms with Crippen molar-refractivity contribution >= 4 is 39.6 Å². The third-order valence-electron chi connectivity index (χ3n) is 2.22. The van der Waals surface area contributed by atoms with E-state index in [1.54, 1.807) is 11.7 Å². The maximum Gasteiger partial charge on any atom is 0.358 e. The number of ketones is 1. The van der Waals surface area contributed by atoms with Crippen molar-refractivity contribution in [3.63, 3.8) is 0 Å². The molecule has 0 saturated carbocycles. The lowest BCUT2D eigenvalue weighted by Crippen LogP contribution is -2.07. The van der Waals surface area contributed by atoms with Crippen LogP contribution in [0.15, 0.2) is 11.7 Å². The van der Waals surface area contributed by atoms with Crippen LogP contribution in [0.25, 0.3) is 0 Å². The predicted molar refractivity (Wildman–Crippen MR) is 72.9 cm³/mol. The van der Waals surface area contributed by atoms with Crippen molar-refractivity contribution in [2.24, 2.45) is 0 Å². The molecule has 0 radical (unpaired) electrons. The number of carbonyl (C=O) groups excluding carboxylic acids is 2. The number of anilines is 1. The summed E-state index contributed by atoms with van der Waals surface area (Å²) in [6, 6.07) is 0. The number of ether oxygens (including phenoxy) is 1. The van der Waals surface area contributed by atoms with Gasteiger partial charge in [0.05, 0.1) is 19.2 Å². The molecule has 0 fully saturated rings. The summed E-state index contributed by atoms with van der Waals surface area (Å²) in [7, 11) is 1.26. The smallest absolute Gasteiger partial charge is 0.358 e. The second-order valence-corrected chi connectivity index (χ2v) is 5.54. The lowest BCUT2D eigenvalue weighted by atomic mass is 10.3. The number of esters is 1. The van der Waals surface area contributed by atoms with Gasteiger partial charge in [0.2, 0.25) is 0 Å². The molecule has 1 N–H and O–H groups in total. The van der Waals surface area contributed by atoms with Gasteiger partial charge in [0.25, 0.3) is 0 Å². The Balaban J connectivity index is 2.17. The van der Waals surface area contributed by atoms with Crippen molar-refractivity contribution in [1.29, 1.82) is 0 Å². The van der Waals surface area contributed by atoms with Gasteiger partial charge >= 0.3 is 5.97 Å². The van der Waals surface area contributed by atoms with Crippen molar-refractivity contribution in [1.82, 2.24) is 9.97 Å². The molecule has 0 aliphatic carbocycles. The quantitative estimate of drug-likeness (QED) is 0.673. The number of hydrogen-bond donors (Lipinski definition) is 1. The van der Waals surface area contributed by atoms with Crippen LogP contribution in [0.3, 0.4) is 0 Å². The first kappa shape index (κ1) is 13.6. The fourth-order valence-electron chi connectivity index (χ4n) is 1.36. The van der Waals surface area contributed by atoms with Crippen LogP contribution in [0.4, 0.5) is 5.13 Å². The number of hydrogen-bond acceptors (Lipinski definition) is 8. The van der Waals surface area contributed by atoms with E-state index in [2.05, 4.69) is 20.0 Å². The molecular weight excluding hydrogens is 286 g/mol. The highest BCUT2D eigenvalue weighted by Gasteiger charge is 2.21. The molecule has 0 aliphatic rings. The average Bonchev–Trinajstić information content (AvgIpc) is 3.04. The number of thiazole rings is 2. The highest BCUT2D eigenvalue weighted by molar-refractivity contribution is 7.17. The van der Waals surface area contributed by atoms with E-state index in [9.17, 15) is 9.59 Å². The molecule has 0 spiro atoms. The second kappa shape index (κ2) is 5.89. The molecule has 0 bridgehead atoms. The van der Waals surface area contributed by atoms with E-state index in [1.807, 2.05) is 0 Å². The summed E-state index contributed by atoms with van der Waals surface area (Å²) in [5.41, 5.74) is 1.80. The average molecular weight is 297 g/mol. The summed E-state index contributed by atoms with van der Waals surface area (Å²) in [5.74, 6) is -0.809. The summed E-state index contributed by atoms with van der Waals surface area (Å²) < 4.78 is 4.61. The highest BCUT2D eigenvalue weighted by atomic mass is 32.1. The fourth-order valence-corrected chi connectivity index (χ4v) is 2.74. The summed E-state index contributed by atoms with van der Waals surface area (Å²) in [6.45, 7) is 1.95. The van der Waals surface area contributed by atoms with Crippen LogP contribution in [0.2, 0.25) is 0 Å². The second-order valence-electron chi connectivity index (χ2n) is 3.57. The molecule has 100 valence electrons. The predicted octanol–water partition coefficient (Wildman–Crippen LogP) is 2.20. The Hall–Kier alpha value is -1.80. The molecule has 0 saturated heterocycles. The Labute approximate surface area is 117 Å². The summed E-state index contributed by atoms with van der Waals surface area (Å²) in [6.07, 6.45) is 1.75. The first-order chi connectivity index (χ1) is 9.11. The number of nitrogens with one attached hydrogen (secondary N) is 1. The fraction of sp³-hybridized carbons (Fsp3) is 0.273. The lowest BCUT2D eigenvalue weighted by molar-refractivity contribution is 0.0591. The van der Waals surface area contributed by atoms with Crippen LogP contribution in [0.1, 0.15) is 32.0 Å². The van der Waals surface area contributed by atoms with Crippen molar-refractivity contribution in [2.45, 2.75) is 13.5 Å². The zero-order chi connectivity index (χ0) is 13.8. The van der Waals surface area contributed by atoms with Crippen LogP contribution >= 0.6 is 22.7 Å². The van der Waals surface area contributed by atoms with Gasteiger partial charge in [0, 0.05) is 18.0 Å². The van der Waals surface area contributed by atoms with E-state index in [0.29, 0.717) is 16.6 Å². The molecule has 2 aromatic heterocycles. The number of nitrogens with zero attached hydrogens (tertiary/aromatic N) is 2. The zero-order valence-electron chi connectivity index (χ0n) is 10.3. The Bertz CT molecular complexity index is 592. The lowest BCUT2D eigenvalue weighted by Gasteiger charge is -1.97. The highest BCUT2D eigenvalue weighted by Crippen LogP contribution is 2.25. The van der Waals surface area contributed by atoms with E-state index in [4.69, 9.17) is 0 Å². The standard InChI is InChI=1S/C11H11N3O3S2/c1-6(15)9-8(10(16)17-2)14-11(19-9)13-4-7-3-12-5-18-7/h3,5H,4H2,1-2H3,(H,13,14). The molecular formula is C11H11N3O3S2. The van der Waals surface area contributed by atoms with Gasteiger partial charge < -0.3 is 10.1 Å². The van der Waals surface area contributed by atoms with Gasteiger partial charge in [-0.3, -0.25) is 9.78 Å². The molecule has 2 heterocycles. The Morgan fingerprint density at radius 3 is 2.84 bits per heavy atom. The van der Waals surface area contributed by atoms with Crippen LogP contribution in [-0.2, 0) is 11.3 Å². The van der Waals surface area contributed by atoms with Crippen LogP contribution in [-0.4, -0.2) is 28.8 Å². The summed E-state index contributed by atoms with van der Waals surface area (Å²) in [4.78, 5) is 32.4. The molecule has 6 nitrogen and oxygen atoms in total. The molecule has 0 unspecified atom stereocenters. The van der Waals surface area contributed by atoms with Crippen LogP contribution in [0.5, 0.6) is 0 Å². The maximum atomic E-state index is 11.5. The SMILES string of the molecule is COC(=O)c1nc(NCc2cncs2)sc1C(C)=O. The molecule has 0 aliphatic heterocycles. The molecule has 19 heavy (non-hydrogen) atoms. The number of rotatable bonds is 5. The minimum absolute atomic E-state index is 0.0619. The molecule has 8 heteroatoms. The van der Waals surface area contributed by atoms with Gasteiger partial charge in [-0.05, 0) is 0 Å². The van der Waals surface area contributed by atoms with Gasteiger partial charge in [-0.15, -0.1) is 11.3 Å². The van der Waals surface area contributed by atoms with Gasteiger partial charge in [0.15, 0.2) is 16.6 Å². The van der Waals surface area contributed by atoms with E-state index in [0.717, 1.165) is 16.2 Å². The van der Waals surface area contributed by atoms with Crippen LogP contribution in [0, 0.1) is 0 Å². The first-order valence-corrected chi connectivity index (χ1v) is 7.02. The maximum absolute atomic E-state index is 11.5. The molecule has 0 amide bonds. The molecule has 0 aromatic carbocycles. The number of methoxy groups -OCH3 is 1. The molecule has 2 rings (SSSR count). The summed E-state index contributed by atoms with van der Waals surface area (Å²) in [5, 5.41) is 3.57. The zero-order valence-corrected chi connectivity index (χ0v) is 11.9. The van der Waals surface area contributed by atoms with Gasteiger partial charge in [-0.2, -0.15) is 0 Å². The van der Waals surface area contributed by atoms with E-state index in [-0.39, 0.29) is 11.5 Å². The third-order valence-corrected chi connectivity index (χ3v) is 4.12. The third kappa shape index (κ3) is 3.15. The van der Waals surface area contributed by atoms with Crippen molar-refractivity contribution < 1.29 is 14.3 Å². The minimum atomic E-state index is -0.604. The van der Waals surface area contributed by atoms with Gasteiger partial charge in [-0.25, -0.2) is 9.78 Å². The van der Waals surface area contributed by atoms with Crippen LogP contribution < -0.4 is 5.32 Å². The van der Waals surface area contributed by atoms with Gasteiger partial charge in [-0.1, -0.05) is 11.3 Å². The number of aromatic nitrogens is 2. The first-order valence-electron chi connectivity index (χ1n) is 5.33. The van der Waals surface area contributed by atoms with Crippen molar-refractivity contribution in [3.8, 4) is 0 Å². The Morgan fingerprint density at radius 1 is 1.47 bits per heavy atom. The monoisotopic (exact) mass is 297 g/mol. The number of Topliss-reactive ketones (excluding diaryl/α,β-unsaturated/α-hetero) is 1. The Kier molecular flexibility index (Phi) is 4.23. The largest absolute Gasteiger partial charge is 0.464 e. The molecule has 2 aromatic rings. The van der Waals surface area contributed by atoms with E-state index in [1.165, 1.54) is 25.4 Å². The minimum Gasteiger partial charge on any atom is -0.464 e. The molecule has 0 atom stereocenters. The van der Waals surface area contributed by atoms with Crippen molar-refractivity contribution in [2.75, 3.05) is 12.4 Å². The van der Waals surface area contributed by atoms with E-state index < -0.39 is 5.97 Å². The van der Waals surface area contributed by atoms with E-state index >= 15 is 0 Å². The normalized spacial score (nSPS) is 10.2. The Morgan fingerprint density at radius 2 is 2.26 bits per heavy atom.